The first-order valence-electron chi connectivity index (χ1n) is 8.70. The molecule has 0 spiro atoms. The average molecular weight is 340 g/mol. The van der Waals surface area contributed by atoms with Crippen LogP contribution in [-0.4, -0.2) is 66.3 Å². The van der Waals surface area contributed by atoms with Crippen LogP contribution >= 0.6 is 0 Å². The van der Waals surface area contributed by atoms with E-state index in [9.17, 15) is 14.9 Å². The van der Waals surface area contributed by atoms with Gasteiger partial charge >= 0.3 is 0 Å². The topological polar surface area (TPSA) is 67.7 Å². The van der Waals surface area contributed by atoms with Gasteiger partial charge in [0.2, 0.25) is 11.8 Å². The highest BCUT2D eigenvalue weighted by atomic mass is 16.2. The minimum absolute atomic E-state index is 0.0396. The third kappa shape index (κ3) is 3.67. The molecule has 2 bridgehead atoms. The fourth-order valence-electron chi connectivity index (χ4n) is 3.76. The molecule has 2 amide bonds. The Balaban J connectivity index is 1.76. The number of nitriles is 1. The number of hydrogen-bond donors (Lipinski definition) is 0. The summed E-state index contributed by atoms with van der Waals surface area (Å²) in [6.07, 6.45) is 1.82. The van der Waals surface area contributed by atoms with Crippen LogP contribution in [0.15, 0.2) is 24.3 Å². The highest BCUT2D eigenvalue weighted by Gasteiger charge is 2.41. The molecule has 6 nitrogen and oxygen atoms in total. The molecule has 3 aliphatic rings. The summed E-state index contributed by atoms with van der Waals surface area (Å²) in [6, 6.07) is 9.92. The Morgan fingerprint density at radius 3 is 2.76 bits per heavy atom. The Morgan fingerprint density at radius 2 is 2.04 bits per heavy atom. The average Bonchev–Trinajstić information content (AvgIpc) is 2.87. The predicted octanol–water partition coefficient (Wildman–Crippen LogP) is 1.07. The van der Waals surface area contributed by atoms with E-state index in [0.29, 0.717) is 18.7 Å². The third-order valence-corrected chi connectivity index (χ3v) is 5.21. The summed E-state index contributed by atoms with van der Waals surface area (Å²) >= 11 is 0. The Hall–Kier alpha value is -2.39. The lowest BCUT2D eigenvalue weighted by atomic mass is 9.94. The van der Waals surface area contributed by atoms with Crippen LogP contribution in [-0.2, 0) is 16.1 Å². The van der Waals surface area contributed by atoms with E-state index in [4.69, 9.17) is 0 Å². The zero-order chi connectivity index (χ0) is 18.0. The first kappa shape index (κ1) is 17.4. The van der Waals surface area contributed by atoms with Gasteiger partial charge in [0, 0.05) is 39.8 Å². The summed E-state index contributed by atoms with van der Waals surface area (Å²) in [5, 5.41) is 9.28. The van der Waals surface area contributed by atoms with E-state index in [2.05, 4.69) is 11.0 Å². The van der Waals surface area contributed by atoms with Crippen LogP contribution in [0.5, 0.6) is 0 Å². The van der Waals surface area contributed by atoms with Crippen LogP contribution in [0.3, 0.4) is 0 Å². The highest BCUT2D eigenvalue weighted by Crippen LogP contribution is 2.30. The van der Waals surface area contributed by atoms with Crippen molar-refractivity contribution in [3.63, 3.8) is 0 Å². The van der Waals surface area contributed by atoms with Crippen LogP contribution in [0, 0.1) is 17.2 Å². The molecule has 0 unspecified atom stereocenters. The van der Waals surface area contributed by atoms with Crippen molar-refractivity contribution in [2.24, 2.45) is 5.92 Å². The van der Waals surface area contributed by atoms with E-state index in [-0.39, 0.29) is 30.3 Å². The summed E-state index contributed by atoms with van der Waals surface area (Å²) in [5.74, 6) is 0.00718. The van der Waals surface area contributed by atoms with E-state index in [0.717, 1.165) is 24.9 Å². The van der Waals surface area contributed by atoms with E-state index >= 15 is 0 Å². The second kappa shape index (κ2) is 7.24. The molecule has 2 atom stereocenters. The van der Waals surface area contributed by atoms with Gasteiger partial charge in [0.25, 0.3) is 0 Å². The molecule has 0 aliphatic carbocycles. The number of fused-ring (bicyclic) bond motifs is 4. The van der Waals surface area contributed by atoms with Crippen LogP contribution in [0.2, 0.25) is 0 Å². The molecule has 4 rings (SSSR count). The summed E-state index contributed by atoms with van der Waals surface area (Å²) < 4.78 is 0. The van der Waals surface area contributed by atoms with Crippen molar-refractivity contribution in [1.82, 2.24) is 14.7 Å². The SMILES string of the molecule is CN(C)C(=O)CN1C(=O)[C@H]2CC[C@@H]1CN(Cc1ccccc1C#N)C2. The van der Waals surface area contributed by atoms with Gasteiger partial charge in [-0.3, -0.25) is 14.5 Å². The van der Waals surface area contributed by atoms with E-state index < -0.39 is 0 Å². The number of hydrogen-bond acceptors (Lipinski definition) is 4. The largest absolute Gasteiger partial charge is 0.347 e. The molecule has 0 radical (unpaired) electrons. The van der Waals surface area contributed by atoms with Crippen molar-refractivity contribution < 1.29 is 9.59 Å². The number of amides is 2. The van der Waals surface area contributed by atoms with Gasteiger partial charge in [-0.25, -0.2) is 0 Å². The van der Waals surface area contributed by atoms with Gasteiger partial charge < -0.3 is 9.80 Å². The number of carbonyl (C=O) groups is 2. The molecule has 3 fully saturated rings. The standard InChI is InChI=1S/C19H24N4O2/c1-21(2)18(24)13-23-17-8-7-16(19(23)25)11-22(12-17)10-15-6-4-3-5-14(15)9-20/h3-6,16-17H,7-8,10-13H2,1-2H3/t16-,17+/m0/s1. The van der Waals surface area contributed by atoms with Gasteiger partial charge in [-0.15, -0.1) is 0 Å². The summed E-state index contributed by atoms with van der Waals surface area (Å²) in [4.78, 5) is 30.4. The second-order valence-electron chi connectivity index (χ2n) is 7.15. The number of likely N-dealkylation sites (N-methyl/N-ethyl adjacent to an activating group) is 1. The van der Waals surface area contributed by atoms with Crippen molar-refractivity contribution in [2.75, 3.05) is 33.7 Å². The molecule has 0 aromatic heterocycles. The van der Waals surface area contributed by atoms with E-state index in [1.807, 2.05) is 24.3 Å². The van der Waals surface area contributed by atoms with Crippen molar-refractivity contribution in [2.45, 2.75) is 25.4 Å². The highest BCUT2D eigenvalue weighted by molar-refractivity contribution is 5.86. The molecule has 25 heavy (non-hydrogen) atoms. The van der Waals surface area contributed by atoms with Gasteiger partial charge in [0.05, 0.1) is 17.6 Å². The second-order valence-corrected chi connectivity index (χ2v) is 7.15. The first-order chi connectivity index (χ1) is 12.0. The summed E-state index contributed by atoms with van der Waals surface area (Å²) in [5.41, 5.74) is 1.68. The molecule has 3 heterocycles. The number of nitrogens with zero attached hydrogens (tertiary/aromatic N) is 4. The first-order valence-corrected chi connectivity index (χ1v) is 8.70. The molecule has 3 saturated heterocycles. The molecule has 0 N–H and O–H groups in total. The normalized spacial score (nSPS) is 23.2. The van der Waals surface area contributed by atoms with E-state index in [1.54, 1.807) is 19.0 Å². The van der Waals surface area contributed by atoms with Crippen molar-refractivity contribution in [3.8, 4) is 6.07 Å². The smallest absolute Gasteiger partial charge is 0.241 e. The van der Waals surface area contributed by atoms with Gasteiger partial charge in [-0.1, -0.05) is 18.2 Å². The molecule has 3 aliphatic heterocycles. The van der Waals surface area contributed by atoms with Crippen molar-refractivity contribution in [1.29, 1.82) is 5.26 Å². The van der Waals surface area contributed by atoms with Crippen molar-refractivity contribution >= 4 is 11.8 Å². The summed E-state index contributed by atoms with van der Waals surface area (Å²) in [7, 11) is 3.43. The molecule has 1 aromatic carbocycles. The monoisotopic (exact) mass is 340 g/mol. The third-order valence-electron chi connectivity index (χ3n) is 5.21. The molecule has 0 saturated carbocycles. The number of rotatable bonds is 4. The van der Waals surface area contributed by atoms with Crippen molar-refractivity contribution in [3.05, 3.63) is 35.4 Å². The van der Waals surface area contributed by atoms with Gasteiger partial charge in [0.1, 0.15) is 6.54 Å². The lowest BCUT2D eigenvalue weighted by Crippen LogP contribution is -2.51. The quantitative estimate of drug-likeness (QED) is 0.822. The molecular formula is C19H24N4O2. The number of carbonyl (C=O) groups excluding carboxylic acids is 2. The zero-order valence-electron chi connectivity index (χ0n) is 14.8. The summed E-state index contributed by atoms with van der Waals surface area (Å²) in [6.45, 7) is 2.28. The maximum absolute atomic E-state index is 12.8. The van der Waals surface area contributed by atoms with Gasteiger partial charge in [-0.2, -0.15) is 5.26 Å². The Morgan fingerprint density at radius 1 is 1.28 bits per heavy atom. The van der Waals surface area contributed by atoms with Crippen LogP contribution in [0.1, 0.15) is 24.0 Å². The molecule has 6 heteroatoms. The number of benzene rings is 1. The fourth-order valence-corrected chi connectivity index (χ4v) is 3.76. The van der Waals surface area contributed by atoms with Gasteiger partial charge in [-0.05, 0) is 24.5 Å². The Kier molecular flexibility index (Phi) is 5.05. The van der Waals surface area contributed by atoms with Crippen LogP contribution in [0.25, 0.3) is 0 Å². The van der Waals surface area contributed by atoms with Crippen LogP contribution in [0.4, 0.5) is 0 Å². The fraction of sp³-hybridized carbons (Fsp3) is 0.526. The minimum atomic E-state index is -0.0528. The maximum Gasteiger partial charge on any atom is 0.241 e. The van der Waals surface area contributed by atoms with Crippen LogP contribution < -0.4 is 0 Å². The minimum Gasteiger partial charge on any atom is -0.347 e. The lowest BCUT2D eigenvalue weighted by Gasteiger charge is -2.36. The maximum atomic E-state index is 12.8. The molecular weight excluding hydrogens is 316 g/mol. The Bertz CT molecular complexity index is 710. The molecule has 132 valence electrons. The lowest BCUT2D eigenvalue weighted by molar-refractivity contribution is -0.145. The van der Waals surface area contributed by atoms with E-state index in [1.165, 1.54) is 4.90 Å². The van der Waals surface area contributed by atoms with Gasteiger partial charge in [0.15, 0.2) is 0 Å². The number of piperidine rings is 1. The zero-order valence-corrected chi connectivity index (χ0v) is 14.8. The Labute approximate surface area is 148 Å². The predicted molar refractivity (Wildman–Crippen MR) is 93.4 cm³/mol. The molecule has 1 aromatic rings.